The summed E-state index contributed by atoms with van der Waals surface area (Å²) in [6, 6.07) is 18.8. The zero-order valence-corrected chi connectivity index (χ0v) is 20.9. The summed E-state index contributed by atoms with van der Waals surface area (Å²) < 4.78 is 12.8. The Morgan fingerprint density at radius 1 is 1.05 bits per heavy atom. The Labute approximate surface area is 215 Å². The summed E-state index contributed by atoms with van der Waals surface area (Å²) in [5.74, 6) is 0.568. The molecule has 8 nitrogen and oxygen atoms in total. The number of rotatable bonds is 9. The Bertz CT molecular complexity index is 1410. The number of benzene rings is 2. The Kier molecular flexibility index (Phi) is 7.56. The highest BCUT2D eigenvalue weighted by atomic mass is 16.5. The predicted molar refractivity (Wildman–Crippen MR) is 140 cm³/mol. The van der Waals surface area contributed by atoms with Crippen LogP contribution in [0.3, 0.4) is 0 Å². The minimum absolute atomic E-state index is 0.145. The van der Waals surface area contributed by atoms with Crippen molar-refractivity contribution in [3.63, 3.8) is 0 Å². The highest BCUT2D eigenvalue weighted by Gasteiger charge is 2.19. The Balaban J connectivity index is 1.33. The van der Waals surface area contributed by atoms with E-state index in [4.69, 9.17) is 9.47 Å². The van der Waals surface area contributed by atoms with Crippen LogP contribution < -0.4 is 10.3 Å². The van der Waals surface area contributed by atoms with E-state index in [2.05, 4.69) is 10.1 Å². The molecule has 0 radical (unpaired) electrons. The Hall–Kier alpha value is -4.04. The maximum atomic E-state index is 13.5. The molecule has 0 spiro atoms. The van der Waals surface area contributed by atoms with Crippen molar-refractivity contribution in [3.05, 3.63) is 100 Å². The molecule has 0 saturated carbocycles. The fourth-order valence-electron chi connectivity index (χ4n) is 4.56. The van der Waals surface area contributed by atoms with Gasteiger partial charge in [-0.2, -0.15) is 5.10 Å². The van der Waals surface area contributed by atoms with Crippen molar-refractivity contribution in [2.24, 2.45) is 0 Å². The van der Waals surface area contributed by atoms with Gasteiger partial charge in [-0.25, -0.2) is 4.68 Å². The molecule has 8 heteroatoms. The molecule has 4 aromatic rings. The van der Waals surface area contributed by atoms with Crippen LogP contribution in [0.4, 0.5) is 0 Å². The fraction of sp³-hybridized carbons (Fsp3) is 0.310. The maximum Gasteiger partial charge on any atom is 0.275 e. The standard InChI is InChI=1S/C29H30N4O4/c1-21-26-8-2-3-9-27(26)29(35)33(31-21)19-28(34)32(18-23-6-4-14-30-16-23)17-22-10-12-24(13-11-22)37-20-25-7-5-15-36-25/h2-4,6,8-14,16,25H,5,7,15,17-20H2,1H3. The van der Waals surface area contributed by atoms with E-state index in [1.165, 1.54) is 4.68 Å². The molecule has 2 aromatic heterocycles. The highest BCUT2D eigenvalue weighted by molar-refractivity contribution is 5.83. The van der Waals surface area contributed by atoms with E-state index in [1.54, 1.807) is 23.4 Å². The topological polar surface area (TPSA) is 86.6 Å². The summed E-state index contributed by atoms with van der Waals surface area (Å²) in [6.45, 7) is 3.78. The monoisotopic (exact) mass is 498 g/mol. The molecule has 1 saturated heterocycles. The van der Waals surface area contributed by atoms with Gasteiger partial charge in [-0.3, -0.25) is 14.6 Å². The van der Waals surface area contributed by atoms with Gasteiger partial charge in [0.2, 0.25) is 5.91 Å². The molecule has 3 heterocycles. The first-order chi connectivity index (χ1) is 18.1. The molecule has 0 bridgehead atoms. The van der Waals surface area contributed by atoms with Gasteiger partial charge in [-0.1, -0.05) is 36.4 Å². The molecule has 37 heavy (non-hydrogen) atoms. The summed E-state index contributed by atoms with van der Waals surface area (Å²) >= 11 is 0. The summed E-state index contributed by atoms with van der Waals surface area (Å²) in [5, 5.41) is 5.77. The second-order valence-electron chi connectivity index (χ2n) is 9.29. The number of pyridine rings is 1. The van der Waals surface area contributed by atoms with Gasteiger partial charge >= 0.3 is 0 Å². The lowest BCUT2D eigenvalue weighted by atomic mass is 10.1. The third-order valence-corrected chi connectivity index (χ3v) is 6.54. The molecule has 5 rings (SSSR count). The smallest absolute Gasteiger partial charge is 0.275 e. The lowest BCUT2D eigenvalue weighted by Gasteiger charge is -2.23. The third-order valence-electron chi connectivity index (χ3n) is 6.54. The van der Waals surface area contributed by atoms with E-state index in [9.17, 15) is 9.59 Å². The van der Waals surface area contributed by atoms with Crippen LogP contribution in [0, 0.1) is 6.92 Å². The second-order valence-corrected chi connectivity index (χ2v) is 9.29. The number of hydrogen-bond donors (Lipinski definition) is 0. The molecule has 0 N–H and O–H groups in total. The van der Waals surface area contributed by atoms with Gasteiger partial charge < -0.3 is 14.4 Å². The number of nitrogens with zero attached hydrogens (tertiary/aromatic N) is 4. The quantitative estimate of drug-likeness (QED) is 0.348. The molecule has 190 valence electrons. The van der Waals surface area contributed by atoms with Crippen LogP contribution in [0.25, 0.3) is 10.8 Å². The first-order valence-corrected chi connectivity index (χ1v) is 12.5. The Morgan fingerprint density at radius 2 is 1.84 bits per heavy atom. The fourth-order valence-corrected chi connectivity index (χ4v) is 4.56. The summed E-state index contributed by atoms with van der Waals surface area (Å²) in [5.41, 5.74) is 2.29. The van der Waals surface area contributed by atoms with E-state index in [0.717, 1.165) is 41.7 Å². The van der Waals surface area contributed by atoms with E-state index >= 15 is 0 Å². The lowest BCUT2D eigenvalue weighted by Crippen LogP contribution is -2.37. The van der Waals surface area contributed by atoms with Crippen molar-refractivity contribution in [2.45, 2.75) is 45.5 Å². The molecule has 0 aliphatic carbocycles. The van der Waals surface area contributed by atoms with Gasteiger partial charge in [-0.15, -0.1) is 0 Å². The zero-order valence-electron chi connectivity index (χ0n) is 20.9. The molecule has 1 aliphatic rings. The second kappa shape index (κ2) is 11.3. The minimum atomic E-state index is -0.274. The summed E-state index contributed by atoms with van der Waals surface area (Å²) in [6.07, 6.45) is 5.70. The number of fused-ring (bicyclic) bond motifs is 1. The molecule has 2 aromatic carbocycles. The highest BCUT2D eigenvalue weighted by Crippen LogP contribution is 2.18. The molecule has 1 amide bonds. The lowest BCUT2D eigenvalue weighted by molar-refractivity contribution is -0.133. The number of carbonyl (C=O) groups excluding carboxylic acids is 1. The number of aromatic nitrogens is 3. The van der Waals surface area contributed by atoms with Crippen LogP contribution in [0.15, 0.2) is 77.9 Å². The van der Waals surface area contributed by atoms with Crippen molar-refractivity contribution in [1.82, 2.24) is 19.7 Å². The molecule has 1 fully saturated rings. The maximum absolute atomic E-state index is 13.5. The molecular weight excluding hydrogens is 468 g/mol. The van der Waals surface area contributed by atoms with Crippen LogP contribution in [0.1, 0.15) is 29.7 Å². The number of aryl methyl sites for hydroxylation is 1. The predicted octanol–water partition coefficient (Wildman–Crippen LogP) is 3.89. The molecule has 1 aliphatic heterocycles. The van der Waals surface area contributed by atoms with Crippen LogP contribution in [-0.4, -0.2) is 44.9 Å². The summed E-state index contributed by atoms with van der Waals surface area (Å²) in [4.78, 5) is 32.5. The number of amides is 1. The van der Waals surface area contributed by atoms with Crippen molar-refractivity contribution in [1.29, 1.82) is 0 Å². The van der Waals surface area contributed by atoms with Gasteiger partial charge in [0.15, 0.2) is 0 Å². The van der Waals surface area contributed by atoms with Crippen molar-refractivity contribution in [2.75, 3.05) is 13.2 Å². The SMILES string of the molecule is Cc1nn(CC(=O)N(Cc2ccc(OCC3CCCO3)cc2)Cc2cccnc2)c(=O)c2ccccc12. The normalized spacial score (nSPS) is 15.1. The van der Waals surface area contributed by atoms with E-state index in [1.807, 2.05) is 61.5 Å². The van der Waals surface area contributed by atoms with Gasteiger partial charge in [0, 0.05) is 37.5 Å². The van der Waals surface area contributed by atoms with E-state index in [-0.39, 0.29) is 24.1 Å². The first kappa shape index (κ1) is 24.6. The van der Waals surface area contributed by atoms with E-state index in [0.29, 0.717) is 30.8 Å². The van der Waals surface area contributed by atoms with Crippen LogP contribution >= 0.6 is 0 Å². The molecule has 1 unspecified atom stereocenters. The average molecular weight is 499 g/mol. The minimum Gasteiger partial charge on any atom is -0.491 e. The van der Waals surface area contributed by atoms with Crippen molar-refractivity contribution < 1.29 is 14.3 Å². The van der Waals surface area contributed by atoms with Gasteiger partial charge in [0.25, 0.3) is 5.56 Å². The summed E-state index contributed by atoms with van der Waals surface area (Å²) in [7, 11) is 0. The van der Waals surface area contributed by atoms with Crippen LogP contribution in [0.2, 0.25) is 0 Å². The third kappa shape index (κ3) is 6.03. The molecule has 1 atom stereocenters. The number of hydrogen-bond acceptors (Lipinski definition) is 6. The largest absolute Gasteiger partial charge is 0.491 e. The Morgan fingerprint density at radius 3 is 2.57 bits per heavy atom. The number of carbonyl (C=O) groups is 1. The molecular formula is C29H30N4O4. The van der Waals surface area contributed by atoms with Crippen LogP contribution in [-0.2, 0) is 29.2 Å². The first-order valence-electron chi connectivity index (χ1n) is 12.5. The zero-order chi connectivity index (χ0) is 25.6. The van der Waals surface area contributed by atoms with Gasteiger partial charge in [0.1, 0.15) is 18.9 Å². The average Bonchev–Trinajstić information content (AvgIpc) is 3.45. The van der Waals surface area contributed by atoms with E-state index < -0.39 is 0 Å². The van der Waals surface area contributed by atoms with Gasteiger partial charge in [0.05, 0.1) is 17.2 Å². The van der Waals surface area contributed by atoms with Crippen LogP contribution in [0.5, 0.6) is 5.75 Å². The van der Waals surface area contributed by atoms with Crippen molar-refractivity contribution >= 4 is 16.7 Å². The van der Waals surface area contributed by atoms with Crippen molar-refractivity contribution in [3.8, 4) is 5.75 Å². The number of ether oxygens (including phenoxy) is 2. The van der Waals surface area contributed by atoms with Gasteiger partial charge in [-0.05, 0) is 55.2 Å².